The molecule has 1 heterocycles. The minimum atomic E-state index is -3.86. The van der Waals surface area contributed by atoms with E-state index in [2.05, 4.69) is 0 Å². The summed E-state index contributed by atoms with van der Waals surface area (Å²) < 4.78 is 44.4. The maximum Gasteiger partial charge on any atom is 0.238 e. The fourth-order valence-corrected chi connectivity index (χ4v) is 4.43. The smallest absolute Gasteiger partial charge is 0.238 e. The second-order valence-electron chi connectivity index (χ2n) is 7.58. The summed E-state index contributed by atoms with van der Waals surface area (Å²) in [5, 5.41) is 5.78. The van der Waals surface area contributed by atoms with Gasteiger partial charge in [-0.05, 0) is 73.2 Å². The highest BCUT2D eigenvalue weighted by molar-refractivity contribution is 7.89. The SMILES string of the molecule is COc1ccc(F)cc1C(=O)c1cc(-c2ccc(Cl)cc2)n(-c2ccc(S(N)(=O)=O)cc2)c1C. The third-order valence-corrected chi connectivity index (χ3v) is 6.64. The summed E-state index contributed by atoms with van der Waals surface area (Å²) in [6, 6.07) is 18.5. The molecule has 0 spiro atoms. The van der Waals surface area contributed by atoms with Gasteiger partial charge in [0.05, 0.1) is 23.3 Å². The van der Waals surface area contributed by atoms with Crippen molar-refractivity contribution in [2.24, 2.45) is 5.14 Å². The molecule has 0 fully saturated rings. The van der Waals surface area contributed by atoms with Gasteiger partial charge in [-0.2, -0.15) is 0 Å². The minimum Gasteiger partial charge on any atom is -0.496 e. The minimum absolute atomic E-state index is 0.0325. The molecule has 174 valence electrons. The van der Waals surface area contributed by atoms with E-state index < -0.39 is 21.6 Å². The number of nitrogens with zero attached hydrogens (tertiary/aromatic N) is 1. The van der Waals surface area contributed by atoms with Crippen molar-refractivity contribution in [2.45, 2.75) is 11.8 Å². The summed E-state index contributed by atoms with van der Waals surface area (Å²) >= 11 is 6.05. The number of ether oxygens (including phenoxy) is 1. The Kier molecular flexibility index (Phi) is 6.31. The number of primary sulfonamides is 1. The van der Waals surface area contributed by atoms with Gasteiger partial charge < -0.3 is 9.30 Å². The number of benzene rings is 3. The normalized spacial score (nSPS) is 11.4. The van der Waals surface area contributed by atoms with E-state index in [0.29, 0.717) is 27.7 Å². The zero-order valence-electron chi connectivity index (χ0n) is 18.2. The predicted molar refractivity (Wildman–Crippen MR) is 129 cm³/mol. The lowest BCUT2D eigenvalue weighted by Gasteiger charge is -2.13. The molecule has 2 N–H and O–H groups in total. The summed E-state index contributed by atoms with van der Waals surface area (Å²) in [5.41, 5.74) is 3.05. The third-order valence-electron chi connectivity index (χ3n) is 5.46. The van der Waals surface area contributed by atoms with Gasteiger partial charge in [0.1, 0.15) is 11.6 Å². The van der Waals surface area contributed by atoms with Crippen molar-refractivity contribution in [1.29, 1.82) is 0 Å². The molecule has 6 nitrogen and oxygen atoms in total. The van der Waals surface area contributed by atoms with Crippen LogP contribution in [0.4, 0.5) is 4.39 Å². The van der Waals surface area contributed by atoms with E-state index in [1.807, 2.05) is 16.7 Å². The quantitative estimate of drug-likeness (QED) is 0.373. The first-order valence-corrected chi connectivity index (χ1v) is 12.0. The second kappa shape index (κ2) is 9.06. The summed E-state index contributed by atoms with van der Waals surface area (Å²) in [7, 11) is -2.45. The predicted octanol–water partition coefficient (Wildman–Crippen LogP) is 5.13. The molecule has 0 aliphatic carbocycles. The molecule has 9 heteroatoms. The number of hydrogen-bond acceptors (Lipinski definition) is 4. The van der Waals surface area contributed by atoms with Crippen molar-refractivity contribution < 1.29 is 22.3 Å². The first-order valence-electron chi connectivity index (χ1n) is 10.1. The first-order chi connectivity index (χ1) is 16.1. The van der Waals surface area contributed by atoms with Crippen LogP contribution in [0.25, 0.3) is 16.9 Å². The molecule has 0 aliphatic heterocycles. The molecule has 34 heavy (non-hydrogen) atoms. The van der Waals surface area contributed by atoms with Crippen LogP contribution in [0.3, 0.4) is 0 Å². The maximum atomic E-state index is 14.0. The van der Waals surface area contributed by atoms with Crippen molar-refractivity contribution >= 4 is 27.4 Å². The highest BCUT2D eigenvalue weighted by atomic mass is 35.5. The average Bonchev–Trinajstić information content (AvgIpc) is 3.15. The van der Waals surface area contributed by atoms with Crippen LogP contribution in [0.5, 0.6) is 5.75 Å². The van der Waals surface area contributed by atoms with E-state index in [0.717, 1.165) is 11.6 Å². The fraction of sp³-hybridized carbons (Fsp3) is 0.0800. The van der Waals surface area contributed by atoms with Gasteiger partial charge in [0.25, 0.3) is 0 Å². The number of halogens is 2. The number of aromatic nitrogens is 1. The highest BCUT2D eigenvalue weighted by Gasteiger charge is 2.23. The van der Waals surface area contributed by atoms with Crippen molar-refractivity contribution in [3.05, 3.63) is 100 Å². The Labute approximate surface area is 201 Å². The van der Waals surface area contributed by atoms with Gasteiger partial charge >= 0.3 is 0 Å². The topological polar surface area (TPSA) is 91.4 Å². The number of nitrogens with two attached hydrogens (primary N) is 1. The van der Waals surface area contributed by atoms with Crippen LogP contribution in [0.1, 0.15) is 21.6 Å². The largest absolute Gasteiger partial charge is 0.496 e. The Bertz CT molecular complexity index is 1500. The van der Waals surface area contributed by atoms with Crippen LogP contribution in [0.15, 0.2) is 77.7 Å². The van der Waals surface area contributed by atoms with Crippen molar-refractivity contribution in [1.82, 2.24) is 4.57 Å². The Morgan fingerprint density at radius 2 is 1.62 bits per heavy atom. The highest BCUT2D eigenvalue weighted by Crippen LogP contribution is 2.33. The Morgan fingerprint density at radius 3 is 2.21 bits per heavy atom. The van der Waals surface area contributed by atoms with E-state index in [1.54, 1.807) is 37.3 Å². The van der Waals surface area contributed by atoms with E-state index in [-0.39, 0.29) is 16.2 Å². The molecule has 0 atom stereocenters. The van der Waals surface area contributed by atoms with Crippen LogP contribution in [0, 0.1) is 12.7 Å². The number of carbonyl (C=O) groups excluding carboxylic acids is 1. The molecule has 0 saturated carbocycles. The summed E-state index contributed by atoms with van der Waals surface area (Å²) in [5.74, 6) is -0.717. The number of hydrogen-bond donors (Lipinski definition) is 1. The van der Waals surface area contributed by atoms with Gasteiger partial charge in [-0.25, -0.2) is 17.9 Å². The lowest BCUT2D eigenvalue weighted by molar-refractivity contribution is 0.103. The Morgan fingerprint density at radius 1 is 0.971 bits per heavy atom. The lowest BCUT2D eigenvalue weighted by Crippen LogP contribution is -2.12. The molecule has 0 amide bonds. The number of ketones is 1. The van der Waals surface area contributed by atoms with Crippen molar-refractivity contribution in [3.63, 3.8) is 0 Å². The standard InChI is InChI=1S/C25H20ClFN2O4S/c1-15-21(25(30)22-13-18(27)7-12-24(22)33-2)14-23(16-3-5-17(26)6-4-16)29(15)19-8-10-20(11-9-19)34(28,31)32/h3-14H,1-2H3,(H2,28,31,32). The van der Waals surface area contributed by atoms with E-state index in [1.165, 1.54) is 31.4 Å². The molecule has 4 aromatic rings. The summed E-state index contributed by atoms with van der Waals surface area (Å²) in [6.45, 7) is 1.76. The zero-order chi connectivity index (χ0) is 24.6. The number of sulfonamides is 1. The van der Waals surface area contributed by atoms with Crippen LogP contribution < -0.4 is 9.88 Å². The number of rotatable bonds is 6. The monoisotopic (exact) mass is 498 g/mol. The van der Waals surface area contributed by atoms with Gasteiger partial charge in [0.15, 0.2) is 5.78 Å². The number of methoxy groups -OCH3 is 1. The molecule has 1 aromatic heterocycles. The summed E-state index contributed by atoms with van der Waals surface area (Å²) in [6.07, 6.45) is 0. The van der Waals surface area contributed by atoms with Crippen molar-refractivity contribution in [3.8, 4) is 22.7 Å². The van der Waals surface area contributed by atoms with Crippen LogP contribution in [-0.2, 0) is 10.0 Å². The Hall–Kier alpha value is -3.46. The molecular formula is C25H20ClFN2O4S. The average molecular weight is 499 g/mol. The van der Waals surface area contributed by atoms with Gasteiger partial charge in [0.2, 0.25) is 10.0 Å². The molecule has 0 bridgehead atoms. The van der Waals surface area contributed by atoms with Gasteiger partial charge in [-0.1, -0.05) is 23.7 Å². The molecule has 4 rings (SSSR count). The number of carbonyl (C=O) groups is 1. The summed E-state index contributed by atoms with van der Waals surface area (Å²) in [4.78, 5) is 13.5. The molecule has 0 aliphatic rings. The van der Waals surface area contributed by atoms with Gasteiger partial charge in [-0.3, -0.25) is 4.79 Å². The third kappa shape index (κ3) is 4.48. The van der Waals surface area contributed by atoms with E-state index in [9.17, 15) is 17.6 Å². The molecule has 3 aromatic carbocycles. The molecule has 0 unspecified atom stereocenters. The van der Waals surface area contributed by atoms with Crippen LogP contribution in [0.2, 0.25) is 5.02 Å². The van der Waals surface area contributed by atoms with Crippen molar-refractivity contribution in [2.75, 3.05) is 7.11 Å². The van der Waals surface area contributed by atoms with E-state index in [4.69, 9.17) is 21.5 Å². The van der Waals surface area contributed by atoms with Gasteiger partial charge in [-0.15, -0.1) is 0 Å². The fourth-order valence-electron chi connectivity index (χ4n) is 3.79. The lowest BCUT2D eigenvalue weighted by atomic mass is 10.0. The zero-order valence-corrected chi connectivity index (χ0v) is 19.8. The maximum absolute atomic E-state index is 14.0. The Balaban J connectivity index is 1.93. The van der Waals surface area contributed by atoms with E-state index >= 15 is 0 Å². The molecule has 0 saturated heterocycles. The van der Waals surface area contributed by atoms with Crippen LogP contribution >= 0.6 is 11.6 Å². The van der Waals surface area contributed by atoms with Crippen LogP contribution in [-0.4, -0.2) is 25.9 Å². The molecule has 0 radical (unpaired) electrons. The second-order valence-corrected chi connectivity index (χ2v) is 9.58. The van der Waals surface area contributed by atoms with Gasteiger partial charge in [0, 0.05) is 22.0 Å². The molecular weight excluding hydrogens is 479 g/mol. The first kappa shape index (κ1) is 23.7.